The van der Waals surface area contributed by atoms with Gasteiger partial charge in [0, 0.05) is 0 Å². The molecule has 20 heavy (non-hydrogen) atoms. The summed E-state index contributed by atoms with van der Waals surface area (Å²) in [7, 11) is 0. The van der Waals surface area contributed by atoms with Gasteiger partial charge >= 0.3 is 0 Å². The summed E-state index contributed by atoms with van der Waals surface area (Å²) < 4.78 is 11.5. The van der Waals surface area contributed by atoms with Crippen molar-refractivity contribution in [2.24, 2.45) is 0 Å². The summed E-state index contributed by atoms with van der Waals surface area (Å²) >= 11 is 0. The number of ether oxygens (including phenoxy) is 2. The van der Waals surface area contributed by atoms with E-state index in [0.717, 1.165) is 0 Å². The molecule has 0 spiro atoms. The van der Waals surface area contributed by atoms with E-state index in [1.54, 1.807) is 0 Å². The highest BCUT2D eigenvalue weighted by atomic mass is 16.5. The second-order valence-corrected chi connectivity index (χ2v) is 5.70. The SMILES string of the molecule is CC(C)OCc1cc(COC(C)C)c2ccccc2c1. The maximum absolute atomic E-state index is 5.78. The van der Waals surface area contributed by atoms with Gasteiger partial charge in [-0.05, 0) is 55.7 Å². The number of hydrogen-bond donors (Lipinski definition) is 0. The largest absolute Gasteiger partial charge is 0.374 e. The van der Waals surface area contributed by atoms with Crippen LogP contribution in [0.15, 0.2) is 36.4 Å². The van der Waals surface area contributed by atoms with Gasteiger partial charge in [-0.3, -0.25) is 0 Å². The summed E-state index contributed by atoms with van der Waals surface area (Å²) in [6, 6.07) is 12.9. The van der Waals surface area contributed by atoms with Crippen LogP contribution in [0.2, 0.25) is 0 Å². The van der Waals surface area contributed by atoms with Crippen LogP contribution in [-0.2, 0) is 22.7 Å². The molecule has 0 heterocycles. The van der Waals surface area contributed by atoms with Gasteiger partial charge in [0.05, 0.1) is 25.4 Å². The fraction of sp³-hybridized carbons (Fsp3) is 0.444. The Labute approximate surface area is 121 Å². The predicted molar refractivity (Wildman–Crippen MR) is 83.8 cm³/mol. The van der Waals surface area contributed by atoms with Crippen molar-refractivity contribution in [3.63, 3.8) is 0 Å². The lowest BCUT2D eigenvalue weighted by molar-refractivity contribution is 0.0631. The molecule has 0 N–H and O–H groups in total. The van der Waals surface area contributed by atoms with E-state index in [4.69, 9.17) is 9.47 Å². The Morgan fingerprint density at radius 3 is 2.20 bits per heavy atom. The number of rotatable bonds is 6. The molecule has 2 rings (SSSR count). The smallest absolute Gasteiger partial charge is 0.0726 e. The molecule has 0 saturated heterocycles. The van der Waals surface area contributed by atoms with Crippen LogP contribution in [0.4, 0.5) is 0 Å². The van der Waals surface area contributed by atoms with Gasteiger partial charge < -0.3 is 9.47 Å². The summed E-state index contributed by atoms with van der Waals surface area (Å²) in [5.41, 5.74) is 2.44. The third-order valence-corrected chi connectivity index (χ3v) is 3.16. The van der Waals surface area contributed by atoms with Crippen LogP contribution >= 0.6 is 0 Å². The lowest BCUT2D eigenvalue weighted by Crippen LogP contribution is -2.05. The first-order valence-electron chi connectivity index (χ1n) is 7.30. The quantitative estimate of drug-likeness (QED) is 0.759. The van der Waals surface area contributed by atoms with E-state index in [0.29, 0.717) is 13.2 Å². The van der Waals surface area contributed by atoms with Crippen molar-refractivity contribution >= 4 is 10.8 Å². The normalized spacial score (nSPS) is 11.7. The van der Waals surface area contributed by atoms with Crippen LogP contribution in [0.25, 0.3) is 10.8 Å². The molecule has 108 valence electrons. The lowest BCUT2D eigenvalue weighted by Gasteiger charge is -2.14. The third kappa shape index (κ3) is 4.06. The molecule has 0 aromatic heterocycles. The van der Waals surface area contributed by atoms with Crippen molar-refractivity contribution in [3.05, 3.63) is 47.5 Å². The lowest BCUT2D eigenvalue weighted by atomic mass is 10.0. The highest BCUT2D eigenvalue weighted by Gasteiger charge is 2.06. The Morgan fingerprint density at radius 2 is 1.50 bits per heavy atom. The molecule has 0 aliphatic carbocycles. The molecular weight excluding hydrogens is 248 g/mol. The van der Waals surface area contributed by atoms with Crippen LogP contribution in [0.3, 0.4) is 0 Å². The standard InChI is InChI=1S/C18H24O2/c1-13(2)19-11-15-9-16-7-5-6-8-18(16)17(10-15)12-20-14(3)4/h5-10,13-14H,11-12H2,1-4H3. The first kappa shape index (κ1) is 15.0. The van der Waals surface area contributed by atoms with E-state index in [1.165, 1.54) is 21.9 Å². The van der Waals surface area contributed by atoms with Gasteiger partial charge in [0.25, 0.3) is 0 Å². The average molecular weight is 272 g/mol. The van der Waals surface area contributed by atoms with Crippen LogP contribution in [0, 0.1) is 0 Å². The molecule has 2 nitrogen and oxygen atoms in total. The molecule has 0 radical (unpaired) electrons. The zero-order valence-corrected chi connectivity index (χ0v) is 12.8. The first-order chi connectivity index (χ1) is 9.56. The molecule has 2 aromatic rings. The second-order valence-electron chi connectivity index (χ2n) is 5.70. The van der Waals surface area contributed by atoms with Crippen molar-refractivity contribution < 1.29 is 9.47 Å². The molecule has 0 aliphatic heterocycles. The van der Waals surface area contributed by atoms with Gasteiger partial charge in [0.2, 0.25) is 0 Å². The van der Waals surface area contributed by atoms with E-state index >= 15 is 0 Å². The molecule has 0 amide bonds. The molecule has 0 unspecified atom stereocenters. The molecule has 0 bridgehead atoms. The zero-order chi connectivity index (χ0) is 14.5. The van der Waals surface area contributed by atoms with Gasteiger partial charge in [0.15, 0.2) is 0 Å². The summed E-state index contributed by atoms with van der Waals surface area (Å²) in [6.07, 6.45) is 0.487. The number of fused-ring (bicyclic) bond motifs is 1. The number of hydrogen-bond acceptors (Lipinski definition) is 2. The topological polar surface area (TPSA) is 18.5 Å². The van der Waals surface area contributed by atoms with Crippen molar-refractivity contribution in [2.75, 3.05) is 0 Å². The number of benzene rings is 2. The Kier molecular flexibility index (Phi) is 5.16. The molecular formula is C18H24O2. The van der Waals surface area contributed by atoms with E-state index in [1.807, 2.05) is 0 Å². The summed E-state index contributed by atoms with van der Waals surface area (Å²) in [5.74, 6) is 0. The maximum Gasteiger partial charge on any atom is 0.0726 e. The molecule has 0 aliphatic rings. The predicted octanol–water partition coefficient (Wildman–Crippen LogP) is 4.69. The average Bonchev–Trinajstić information content (AvgIpc) is 2.42. The monoisotopic (exact) mass is 272 g/mol. The van der Waals surface area contributed by atoms with Crippen LogP contribution in [0.5, 0.6) is 0 Å². The second kappa shape index (κ2) is 6.87. The van der Waals surface area contributed by atoms with E-state index < -0.39 is 0 Å². The molecule has 2 heteroatoms. The van der Waals surface area contributed by atoms with Crippen molar-refractivity contribution in [1.82, 2.24) is 0 Å². The summed E-state index contributed by atoms with van der Waals surface area (Å²) in [5, 5.41) is 2.51. The Hall–Kier alpha value is -1.38. The fourth-order valence-electron chi connectivity index (χ4n) is 2.18. The highest BCUT2D eigenvalue weighted by Crippen LogP contribution is 2.23. The van der Waals surface area contributed by atoms with Crippen LogP contribution < -0.4 is 0 Å². The van der Waals surface area contributed by atoms with Gasteiger partial charge in [-0.1, -0.05) is 30.3 Å². The zero-order valence-electron chi connectivity index (χ0n) is 12.8. The van der Waals surface area contributed by atoms with E-state index in [9.17, 15) is 0 Å². The van der Waals surface area contributed by atoms with Gasteiger partial charge in [-0.15, -0.1) is 0 Å². The minimum absolute atomic E-state index is 0.240. The Morgan fingerprint density at radius 1 is 0.850 bits per heavy atom. The van der Waals surface area contributed by atoms with Crippen LogP contribution in [-0.4, -0.2) is 12.2 Å². The van der Waals surface area contributed by atoms with E-state index in [-0.39, 0.29) is 12.2 Å². The Balaban J connectivity index is 2.31. The first-order valence-corrected chi connectivity index (χ1v) is 7.30. The van der Waals surface area contributed by atoms with Gasteiger partial charge in [0.1, 0.15) is 0 Å². The van der Waals surface area contributed by atoms with Gasteiger partial charge in [-0.25, -0.2) is 0 Å². The van der Waals surface area contributed by atoms with E-state index in [2.05, 4.69) is 64.1 Å². The minimum Gasteiger partial charge on any atom is -0.374 e. The third-order valence-electron chi connectivity index (χ3n) is 3.16. The van der Waals surface area contributed by atoms with Crippen LogP contribution in [0.1, 0.15) is 38.8 Å². The molecule has 0 fully saturated rings. The fourth-order valence-corrected chi connectivity index (χ4v) is 2.18. The molecule has 0 atom stereocenters. The maximum atomic E-state index is 5.78. The highest BCUT2D eigenvalue weighted by molar-refractivity contribution is 5.86. The van der Waals surface area contributed by atoms with Crippen molar-refractivity contribution in [1.29, 1.82) is 0 Å². The Bertz CT molecular complexity index is 558. The summed E-state index contributed by atoms with van der Waals surface area (Å²) in [4.78, 5) is 0. The van der Waals surface area contributed by atoms with Crippen molar-refractivity contribution in [3.8, 4) is 0 Å². The minimum atomic E-state index is 0.240. The molecule has 0 saturated carbocycles. The molecule has 2 aromatic carbocycles. The van der Waals surface area contributed by atoms with Crippen molar-refractivity contribution in [2.45, 2.75) is 53.1 Å². The summed E-state index contributed by atoms with van der Waals surface area (Å²) in [6.45, 7) is 9.54. The van der Waals surface area contributed by atoms with Gasteiger partial charge in [-0.2, -0.15) is 0 Å².